The Bertz CT molecular complexity index is 549. The highest BCUT2D eigenvalue weighted by atomic mass is 16.2. The maximum atomic E-state index is 12.2. The van der Waals surface area contributed by atoms with Crippen molar-refractivity contribution in [1.29, 1.82) is 0 Å². The molecule has 1 aliphatic carbocycles. The summed E-state index contributed by atoms with van der Waals surface area (Å²) in [6, 6.07) is 10.5. The van der Waals surface area contributed by atoms with Crippen LogP contribution in [-0.4, -0.2) is 42.9 Å². The lowest BCUT2D eigenvalue weighted by Gasteiger charge is -2.31. The standard InChI is InChI=1S/C19H27N3O2/c23-18(16-6-7-16)20-10-11-21-19(24)17-8-12-22(13-9-17)14-15-4-2-1-3-5-15/h1-5,16-17H,6-14H2,(H,20,23)(H,21,24). The lowest BCUT2D eigenvalue weighted by Crippen LogP contribution is -2.42. The van der Waals surface area contributed by atoms with Crippen LogP contribution in [0.15, 0.2) is 30.3 Å². The smallest absolute Gasteiger partial charge is 0.223 e. The van der Waals surface area contributed by atoms with Crippen molar-refractivity contribution in [2.75, 3.05) is 26.2 Å². The maximum Gasteiger partial charge on any atom is 0.223 e. The van der Waals surface area contributed by atoms with Gasteiger partial charge in [-0.25, -0.2) is 0 Å². The van der Waals surface area contributed by atoms with Gasteiger partial charge in [0.1, 0.15) is 0 Å². The molecule has 1 saturated heterocycles. The lowest BCUT2D eigenvalue weighted by atomic mass is 9.95. The van der Waals surface area contributed by atoms with E-state index < -0.39 is 0 Å². The molecule has 0 radical (unpaired) electrons. The number of benzene rings is 1. The van der Waals surface area contributed by atoms with Crippen LogP contribution in [0.4, 0.5) is 0 Å². The largest absolute Gasteiger partial charge is 0.354 e. The molecule has 0 spiro atoms. The molecular weight excluding hydrogens is 302 g/mol. The molecule has 2 amide bonds. The van der Waals surface area contributed by atoms with Crippen LogP contribution < -0.4 is 10.6 Å². The van der Waals surface area contributed by atoms with E-state index in [9.17, 15) is 9.59 Å². The average molecular weight is 329 g/mol. The fourth-order valence-corrected chi connectivity index (χ4v) is 3.20. The molecule has 2 fully saturated rings. The molecule has 130 valence electrons. The Hall–Kier alpha value is -1.88. The topological polar surface area (TPSA) is 61.4 Å². The van der Waals surface area contributed by atoms with Crippen molar-refractivity contribution in [3.8, 4) is 0 Å². The SMILES string of the molecule is O=C(NCCNC(=O)C1CCN(Cc2ccccc2)CC1)C1CC1. The minimum absolute atomic E-state index is 0.108. The van der Waals surface area contributed by atoms with Crippen molar-refractivity contribution in [3.63, 3.8) is 0 Å². The molecular formula is C19H27N3O2. The van der Waals surface area contributed by atoms with Gasteiger partial charge in [0.2, 0.25) is 11.8 Å². The minimum Gasteiger partial charge on any atom is -0.354 e. The first-order chi connectivity index (χ1) is 11.7. The normalized spacial score (nSPS) is 19.0. The second-order valence-electron chi connectivity index (χ2n) is 6.89. The van der Waals surface area contributed by atoms with E-state index in [2.05, 4.69) is 39.8 Å². The first kappa shape index (κ1) is 17.0. The molecule has 0 unspecified atom stereocenters. The first-order valence-electron chi connectivity index (χ1n) is 9.04. The van der Waals surface area contributed by atoms with Crippen LogP contribution in [0.1, 0.15) is 31.2 Å². The zero-order chi connectivity index (χ0) is 16.8. The summed E-state index contributed by atoms with van der Waals surface area (Å²) >= 11 is 0. The fraction of sp³-hybridized carbons (Fsp3) is 0.579. The molecule has 0 bridgehead atoms. The number of nitrogens with zero attached hydrogens (tertiary/aromatic N) is 1. The van der Waals surface area contributed by atoms with Gasteiger partial charge in [-0.05, 0) is 44.3 Å². The summed E-state index contributed by atoms with van der Waals surface area (Å²) < 4.78 is 0. The Kier molecular flexibility index (Phi) is 5.86. The Morgan fingerprint density at radius 3 is 1.96 bits per heavy atom. The van der Waals surface area contributed by atoms with Gasteiger partial charge in [-0.15, -0.1) is 0 Å². The average Bonchev–Trinajstić information content (AvgIpc) is 3.45. The number of nitrogens with one attached hydrogen (secondary N) is 2. The highest BCUT2D eigenvalue weighted by Gasteiger charge is 2.29. The Morgan fingerprint density at radius 2 is 1.42 bits per heavy atom. The quantitative estimate of drug-likeness (QED) is 0.746. The van der Waals surface area contributed by atoms with Crippen molar-refractivity contribution in [2.24, 2.45) is 11.8 Å². The number of carbonyl (C=O) groups is 2. The van der Waals surface area contributed by atoms with Gasteiger partial charge in [-0.1, -0.05) is 30.3 Å². The molecule has 1 aliphatic heterocycles. The van der Waals surface area contributed by atoms with E-state index in [1.807, 2.05) is 6.07 Å². The van der Waals surface area contributed by atoms with Crippen LogP contribution in [0.3, 0.4) is 0 Å². The van der Waals surface area contributed by atoms with E-state index in [-0.39, 0.29) is 23.7 Å². The summed E-state index contributed by atoms with van der Waals surface area (Å²) in [4.78, 5) is 26.1. The lowest BCUT2D eigenvalue weighted by molar-refractivity contribution is -0.127. The van der Waals surface area contributed by atoms with Crippen molar-refractivity contribution in [1.82, 2.24) is 15.5 Å². The van der Waals surface area contributed by atoms with Gasteiger partial charge in [-0.3, -0.25) is 14.5 Å². The summed E-state index contributed by atoms with van der Waals surface area (Å²) in [5.74, 6) is 0.610. The molecule has 5 heteroatoms. The van der Waals surface area contributed by atoms with Crippen molar-refractivity contribution >= 4 is 11.8 Å². The highest BCUT2D eigenvalue weighted by Crippen LogP contribution is 2.28. The number of carbonyl (C=O) groups excluding carboxylic acids is 2. The Morgan fingerprint density at radius 1 is 0.875 bits per heavy atom. The monoisotopic (exact) mass is 329 g/mol. The summed E-state index contributed by atoms with van der Waals surface area (Å²) in [7, 11) is 0. The van der Waals surface area contributed by atoms with E-state index in [0.29, 0.717) is 13.1 Å². The summed E-state index contributed by atoms with van der Waals surface area (Å²) in [6.45, 7) is 3.95. The molecule has 24 heavy (non-hydrogen) atoms. The highest BCUT2D eigenvalue weighted by molar-refractivity contribution is 5.81. The number of likely N-dealkylation sites (tertiary alicyclic amines) is 1. The van der Waals surface area contributed by atoms with Crippen LogP contribution in [0.25, 0.3) is 0 Å². The Balaban J connectivity index is 1.30. The third kappa shape index (κ3) is 5.06. The second kappa shape index (κ2) is 8.29. The van der Waals surface area contributed by atoms with Crippen LogP contribution in [0.5, 0.6) is 0 Å². The molecule has 1 aromatic rings. The van der Waals surface area contributed by atoms with Gasteiger partial charge in [0.15, 0.2) is 0 Å². The van der Waals surface area contributed by atoms with Gasteiger partial charge in [-0.2, -0.15) is 0 Å². The Labute approximate surface area is 143 Å². The third-order valence-corrected chi connectivity index (χ3v) is 4.88. The van der Waals surface area contributed by atoms with E-state index in [1.165, 1.54) is 5.56 Å². The summed E-state index contributed by atoms with van der Waals surface area (Å²) in [5, 5.41) is 5.83. The molecule has 1 aromatic carbocycles. The zero-order valence-electron chi connectivity index (χ0n) is 14.2. The first-order valence-corrected chi connectivity index (χ1v) is 9.04. The van der Waals surface area contributed by atoms with Gasteiger partial charge in [0, 0.05) is 31.5 Å². The minimum atomic E-state index is 0.108. The van der Waals surface area contributed by atoms with Gasteiger partial charge in [0.25, 0.3) is 0 Å². The van der Waals surface area contributed by atoms with E-state index in [0.717, 1.165) is 45.3 Å². The number of piperidine rings is 1. The van der Waals surface area contributed by atoms with Gasteiger partial charge < -0.3 is 10.6 Å². The molecule has 2 N–H and O–H groups in total. The maximum absolute atomic E-state index is 12.2. The van der Waals surface area contributed by atoms with Crippen LogP contribution in [0.2, 0.25) is 0 Å². The van der Waals surface area contributed by atoms with Crippen LogP contribution >= 0.6 is 0 Å². The van der Waals surface area contributed by atoms with Crippen molar-refractivity contribution in [3.05, 3.63) is 35.9 Å². The van der Waals surface area contributed by atoms with Crippen molar-refractivity contribution in [2.45, 2.75) is 32.2 Å². The molecule has 0 atom stereocenters. The predicted octanol–water partition coefficient (Wildman–Crippen LogP) is 1.54. The number of hydrogen-bond donors (Lipinski definition) is 2. The van der Waals surface area contributed by atoms with E-state index >= 15 is 0 Å². The molecule has 2 aliphatic rings. The zero-order valence-corrected chi connectivity index (χ0v) is 14.2. The van der Waals surface area contributed by atoms with Gasteiger partial charge >= 0.3 is 0 Å². The molecule has 3 rings (SSSR count). The van der Waals surface area contributed by atoms with Gasteiger partial charge in [0.05, 0.1) is 0 Å². The van der Waals surface area contributed by atoms with Crippen LogP contribution in [0, 0.1) is 11.8 Å². The fourth-order valence-electron chi connectivity index (χ4n) is 3.20. The summed E-state index contributed by atoms with van der Waals surface area (Å²) in [5.41, 5.74) is 1.33. The molecule has 5 nitrogen and oxygen atoms in total. The molecule has 1 saturated carbocycles. The number of hydrogen-bond acceptors (Lipinski definition) is 3. The van der Waals surface area contributed by atoms with Crippen LogP contribution in [-0.2, 0) is 16.1 Å². The van der Waals surface area contributed by atoms with E-state index in [1.54, 1.807) is 0 Å². The molecule has 0 aromatic heterocycles. The van der Waals surface area contributed by atoms with Crippen molar-refractivity contribution < 1.29 is 9.59 Å². The predicted molar refractivity (Wildman–Crippen MR) is 93.2 cm³/mol. The number of amides is 2. The molecule has 1 heterocycles. The third-order valence-electron chi connectivity index (χ3n) is 4.88. The number of rotatable bonds is 7. The summed E-state index contributed by atoms with van der Waals surface area (Å²) in [6.07, 6.45) is 3.85. The second-order valence-corrected chi connectivity index (χ2v) is 6.89. The van der Waals surface area contributed by atoms with E-state index in [4.69, 9.17) is 0 Å².